The van der Waals surface area contributed by atoms with Gasteiger partial charge in [0.05, 0.1) is 0 Å². The number of benzene rings is 2. The standard InChI is InChI=1S/C14H15N3O.C2HF3O2/c15-14(16)17-12-6-8-13(9-7-12)18-10-11-4-2-1-3-5-11;3-2(4,5)1(6)7/h1-9H,10H2,(H4,15,16,17);(H,6,7). The molecule has 6 nitrogen and oxygen atoms in total. The van der Waals surface area contributed by atoms with Crippen molar-refractivity contribution in [1.29, 1.82) is 5.41 Å². The van der Waals surface area contributed by atoms with Crippen LogP contribution < -0.4 is 15.8 Å². The number of nitrogens with one attached hydrogen (secondary N) is 2. The molecule has 0 radical (unpaired) electrons. The molecule has 0 aliphatic rings. The first kappa shape index (κ1) is 19.8. The van der Waals surface area contributed by atoms with Gasteiger partial charge in [-0.15, -0.1) is 0 Å². The molecular formula is C16H16F3N3O3. The van der Waals surface area contributed by atoms with Gasteiger partial charge in [0.25, 0.3) is 0 Å². The monoisotopic (exact) mass is 355 g/mol. The Morgan fingerprint density at radius 3 is 2.08 bits per heavy atom. The number of carboxylic acids is 1. The van der Waals surface area contributed by atoms with E-state index in [2.05, 4.69) is 5.32 Å². The summed E-state index contributed by atoms with van der Waals surface area (Å²) in [6, 6.07) is 17.3. The van der Waals surface area contributed by atoms with Gasteiger partial charge in [0.1, 0.15) is 12.4 Å². The average molecular weight is 355 g/mol. The summed E-state index contributed by atoms with van der Waals surface area (Å²) in [7, 11) is 0. The lowest BCUT2D eigenvalue weighted by Crippen LogP contribution is -2.21. The number of carbonyl (C=O) groups is 1. The summed E-state index contributed by atoms with van der Waals surface area (Å²) in [5.41, 5.74) is 7.14. The molecule has 2 aromatic rings. The van der Waals surface area contributed by atoms with Crippen LogP contribution in [-0.2, 0) is 11.4 Å². The van der Waals surface area contributed by atoms with E-state index in [9.17, 15) is 13.2 Å². The second kappa shape index (κ2) is 9.16. The number of ether oxygens (including phenoxy) is 1. The van der Waals surface area contributed by atoms with E-state index in [1.807, 2.05) is 54.6 Å². The highest BCUT2D eigenvalue weighted by Crippen LogP contribution is 2.16. The average Bonchev–Trinajstić information content (AvgIpc) is 2.54. The van der Waals surface area contributed by atoms with E-state index >= 15 is 0 Å². The highest BCUT2D eigenvalue weighted by Gasteiger charge is 2.38. The van der Waals surface area contributed by atoms with Crippen molar-refractivity contribution in [2.45, 2.75) is 12.8 Å². The van der Waals surface area contributed by atoms with Gasteiger partial charge in [-0.2, -0.15) is 13.2 Å². The minimum atomic E-state index is -5.08. The number of anilines is 1. The van der Waals surface area contributed by atoms with Crippen LogP contribution in [0.2, 0.25) is 0 Å². The first-order valence-corrected chi connectivity index (χ1v) is 6.86. The number of alkyl halides is 3. The lowest BCUT2D eigenvalue weighted by atomic mass is 10.2. The van der Waals surface area contributed by atoms with Crippen molar-refractivity contribution in [3.8, 4) is 5.75 Å². The van der Waals surface area contributed by atoms with E-state index in [-0.39, 0.29) is 5.96 Å². The molecule has 0 aromatic heterocycles. The van der Waals surface area contributed by atoms with Crippen molar-refractivity contribution in [3.63, 3.8) is 0 Å². The Hall–Kier alpha value is -3.23. The van der Waals surface area contributed by atoms with Gasteiger partial charge in [-0.05, 0) is 29.8 Å². The van der Waals surface area contributed by atoms with Crippen LogP contribution in [0.15, 0.2) is 54.6 Å². The zero-order chi connectivity index (χ0) is 18.9. The minimum absolute atomic E-state index is 0.0760. The predicted molar refractivity (Wildman–Crippen MR) is 86.4 cm³/mol. The molecule has 0 saturated carbocycles. The molecule has 0 unspecified atom stereocenters. The van der Waals surface area contributed by atoms with Crippen molar-refractivity contribution in [2.75, 3.05) is 5.32 Å². The molecule has 0 spiro atoms. The zero-order valence-corrected chi connectivity index (χ0v) is 12.9. The van der Waals surface area contributed by atoms with Crippen LogP contribution in [-0.4, -0.2) is 23.2 Å². The van der Waals surface area contributed by atoms with Crippen molar-refractivity contribution in [1.82, 2.24) is 0 Å². The molecule has 2 rings (SSSR count). The van der Waals surface area contributed by atoms with Crippen LogP contribution in [0.3, 0.4) is 0 Å². The summed E-state index contributed by atoms with van der Waals surface area (Å²) < 4.78 is 37.4. The zero-order valence-electron chi connectivity index (χ0n) is 12.9. The Kier molecular flexibility index (Phi) is 7.26. The Bertz CT molecular complexity index is 689. The summed E-state index contributed by atoms with van der Waals surface area (Å²) in [6.45, 7) is 0.542. The fraction of sp³-hybridized carbons (Fsp3) is 0.125. The smallest absolute Gasteiger partial charge is 0.489 e. The second-order valence-electron chi connectivity index (χ2n) is 4.64. The maximum atomic E-state index is 10.6. The third-order valence-electron chi connectivity index (χ3n) is 2.62. The van der Waals surface area contributed by atoms with E-state index in [1.165, 1.54) is 0 Å². The normalized spacial score (nSPS) is 10.2. The molecule has 25 heavy (non-hydrogen) atoms. The van der Waals surface area contributed by atoms with Crippen molar-refractivity contribution in [2.24, 2.45) is 5.73 Å². The molecule has 0 bridgehead atoms. The molecule has 0 aliphatic heterocycles. The maximum absolute atomic E-state index is 10.6. The van der Waals surface area contributed by atoms with Gasteiger partial charge in [-0.1, -0.05) is 30.3 Å². The Labute approximate surface area is 141 Å². The molecular weight excluding hydrogens is 339 g/mol. The lowest BCUT2D eigenvalue weighted by Gasteiger charge is -2.08. The van der Waals surface area contributed by atoms with E-state index in [0.717, 1.165) is 17.0 Å². The van der Waals surface area contributed by atoms with Crippen LogP contribution in [0.1, 0.15) is 5.56 Å². The van der Waals surface area contributed by atoms with Crippen LogP contribution in [0.5, 0.6) is 5.75 Å². The molecule has 0 fully saturated rings. The molecule has 0 heterocycles. The first-order valence-electron chi connectivity index (χ1n) is 6.86. The Morgan fingerprint density at radius 2 is 1.64 bits per heavy atom. The van der Waals surface area contributed by atoms with Gasteiger partial charge in [0, 0.05) is 5.69 Å². The summed E-state index contributed by atoms with van der Waals surface area (Å²) in [5.74, 6) is -2.05. The predicted octanol–water partition coefficient (Wildman–Crippen LogP) is 3.20. The van der Waals surface area contributed by atoms with E-state index in [0.29, 0.717) is 6.61 Å². The third-order valence-corrected chi connectivity index (χ3v) is 2.62. The van der Waals surface area contributed by atoms with Crippen molar-refractivity contribution < 1.29 is 27.8 Å². The van der Waals surface area contributed by atoms with Gasteiger partial charge in [0.15, 0.2) is 5.96 Å². The fourth-order valence-electron chi connectivity index (χ4n) is 1.53. The Morgan fingerprint density at radius 1 is 1.12 bits per heavy atom. The van der Waals surface area contributed by atoms with Gasteiger partial charge in [0.2, 0.25) is 0 Å². The lowest BCUT2D eigenvalue weighted by molar-refractivity contribution is -0.192. The van der Waals surface area contributed by atoms with Crippen LogP contribution in [0.4, 0.5) is 18.9 Å². The molecule has 0 atom stereocenters. The highest BCUT2D eigenvalue weighted by molar-refractivity contribution is 5.89. The molecule has 2 aromatic carbocycles. The number of aliphatic carboxylic acids is 1. The quantitative estimate of drug-likeness (QED) is 0.497. The topological polar surface area (TPSA) is 108 Å². The van der Waals surface area contributed by atoms with Crippen LogP contribution in [0.25, 0.3) is 0 Å². The largest absolute Gasteiger partial charge is 0.490 e. The third kappa shape index (κ3) is 8.26. The molecule has 0 saturated heterocycles. The van der Waals surface area contributed by atoms with Crippen molar-refractivity contribution in [3.05, 3.63) is 60.2 Å². The fourth-order valence-corrected chi connectivity index (χ4v) is 1.53. The summed E-state index contributed by atoms with van der Waals surface area (Å²) in [6.07, 6.45) is -5.08. The minimum Gasteiger partial charge on any atom is -0.489 e. The molecule has 134 valence electrons. The molecule has 9 heteroatoms. The van der Waals surface area contributed by atoms with Crippen LogP contribution in [0, 0.1) is 5.41 Å². The summed E-state index contributed by atoms with van der Waals surface area (Å²) in [5, 5.41) is 17.0. The van der Waals surface area contributed by atoms with Gasteiger partial charge >= 0.3 is 12.1 Å². The number of hydrogen-bond acceptors (Lipinski definition) is 3. The number of guanidine groups is 1. The number of carboxylic acid groups (broad SMARTS) is 1. The maximum Gasteiger partial charge on any atom is 0.490 e. The Balaban J connectivity index is 0.000000381. The highest BCUT2D eigenvalue weighted by atomic mass is 19.4. The van der Waals surface area contributed by atoms with E-state index < -0.39 is 12.1 Å². The summed E-state index contributed by atoms with van der Waals surface area (Å²) in [4.78, 5) is 8.90. The van der Waals surface area contributed by atoms with Crippen molar-refractivity contribution >= 4 is 17.6 Å². The second-order valence-corrected chi connectivity index (χ2v) is 4.64. The first-order chi connectivity index (χ1) is 11.7. The molecule has 0 amide bonds. The van der Waals surface area contributed by atoms with Crippen LogP contribution >= 0.6 is 0 Å². The van der Waals surface area contributed by atoms with Gasteiger partial charge in [-0.25, -0.2) is 4.79 Å². The number of nitrogens with two attached hydrogens (primary N) is 1. The number of rotatable bonds is 4. The SMILES string of the molecule is N=C(N)Nc1ccc(OCc2ccccc2)cc1.O=C(O)C(F)(F)F. The number of halogens is 3. The molecule has 0 aliphatic carbocycles. The van der Waals surface area contributed by atoms with Gasteiger partial charge in [-0.3, -0.25) is 5.41 Å². The van der Waals surface area contributed by atoms with Gasteiger partial charge < -0.3 is 20.9 Å². The van der Waals surface area contributed by atoms with E-state index in [4.69, 9.17) is 25.8 Å². The number of hydrogen-bond donors (Lipinski definition) is 4. The molecule has 5 N–H and O–H groups in total. The summed E-state index contributed by atoms with van der Waals surface area (Å²) >= 11 is 0. The van der Waals surface area contributed by atoms with E-state index in [1.54, 1.807) is 0 Å².